The average molecular weight is 278 g/mol. The topological polar surface area (TPSA) is 66.8 Å². The molecule has 1 rings (SSSR count). The number of ether oxygens (including phenoxy) is 1. The molecule has 0 heterocycles. The van der Waals surface area contributed by atoms with Gasteiger partial charge in [0.25, 0.3) is 0 Å². The SMILES string of the molecule is CCC(O)COc1ccc(C(=O)O)cc1C(F)(F)F. The third-order valence-electron chi connectivity index (χ3n) is 2.43. The van der Waals surface area contributed by atoms with Crippen LogP contribution in [-0.2, 0) is 6.18 Å². The Hall–Kier alpha value is -1.76. The number of halogens is 3. The number of carbonyl (C=O) groups is 1. The van der Waals surface area contributed by atoms with Crippen LogP contribution in [0, 0.1) is 0 Å². The summed E-state index contributed by atoms with van der Waals surface area (Å²) >= 11 is 0. The standard InChI is InChI=1S/C12H13F3O4/c1-2-8(16)6-19-10-4-3-7(11(17)18)5-9(10)12(13,14)15/h3-5,8,16H,2,6H2,1H3,(H,17,18). The van der Waals surface area contributed by atoms with E-state index < -0.39 is 35.1 Å². The van der Waals surface area contributed by atoms with E-state index in [0.717, 1.165) is 12.1 Å². The van der Waals surface area contributed by atoms with Crippen molar-refractivity contribution in [3.63, 3.8) is 0 Å². The minimum Gasteiger partial charge on any atom is -0.490 e. The molecule has 1 aromatic rings. The van der Waals surface area contributed by atoms with E-state index in [4.69, 9.17) is 9.84 Å². The molecule has 1 atom stereocenters. The van der Waals surface area contributed by atoms with Crippen LogP contribution in [0.1, 0.15) is 29.3 Å². The minimum absolute atomic E-state index is 0.286. The number of aromatic carboxylic acids is 1. The summed E-state index contributed by atoms with van der Waals surface area (Å²) in [5.74, 6) is -1.95. The van der Waals surface area contributed by atoms with Crippen molar-refractivity contribution in [2.24, 2.45) is 0 Å². The Bertz CT molecular complexity index is 457. The molecule has 0 saturated heterocycles. The Morgan fingerprint density at radius 1 is 1.42 bits per heavy atom. The van der Waals surface area contributed by atoms with Gasteiger partial charge in [0.05, 0.1) is 17.2 Å². The number of aliphatic hydroxyl groups is 1. The van der Waals surface area contributed by atoms with Gasteiger partial charge in [-0.2, -0.15) is 13.2 Å². The van der Waals surface area contributed by atoms with Crippen LogP contribution >= 0.6 is 0 Å². The van der Waals surface area contributed by atoms with Gasteiger partial charge in [-0.1, -0.05) is 6.92 Å². The van der Waals surface area contributed by atoms with E-state index in [-0.39, 0.29) is 6.61 Å². The van der Waals surface area contributed by atoms with Crippen molar-refractivity contribution in [1.82, 2.24) is 0 Å². The van der Waals surface area contributed by atoms with Gasteiger partial charge in [-0.15, -0.1) is 0 Å². The number of aliphatic hydroxyl groups excluding tert-OH is 1. The second-order valence-corrected chi connectivity index (χ2v) is 3.89. The Morgan fingerprint density at radius 2 is 2.05 bits per heavy atom. The first-order chi connectivity index (χ1) is 8.75. The van der Waals surface area contributed by atoms with E-state index in [1.54, 1.807) is 6.92 Å². The Morgan fingerprint density at radius 3 is 2.53 bits per heavy atom. The maximum absolute atomic E-state index is 12.8. The lowest BCUT2D eigenvalue weighted by atomic mass is 10.1. The number of hydrogen-bond donors (Lipinski definition) is 2. The monoisotopic (exact) mass is 278 g/mol. The van der Waals surface area contributed by atoms with Gasteiger partial charge in [-0.3, -0.25) is 0 Å². The molecule has 1 unspecified atom stereocenters. The maximum Gasteiger partial charge on any atom is 0.419 e. The van der Waals surface area contributed by atoms with Crippen molar-refractivity contribution in [3.8, 4) is 5.75 Å². The van der Waals surface area contributed by atoms with Crippen molar-refractivity contribution >= 4 is 5.97 Å². The third kappa shape index (κ3) is 4.13. The fourth-order valence-corrected chi connectivity index (χ4v) is 1.31. The predicted molar refractivity (Wildman–Crippen MR) is 60.2 cm³/mol. The number of alkyl halides is 3. The Labute approximate surface area is 107 Å². The third-order valence-corrected chi connectivity index (χ3v) is 2.43. The van der Waals surface area contributed by atoms with Crippen LogP contribution in [0.2, 0.25) is 0 Å². The van der Waals surface area contributed by atoms with E-state index >= 15 is 0 Å². The summed E-state index contributed by atoms with van der Waals surface area (Å²) in [4.78, 5) is 10.7. The van der Waals surface area contributed by atoms with E-state index in [0.29, 0.717) is 12.5 Å². The first-order valence-corrected chi connectivity index (χ1v) is 5.51. The number of carboxylic acid groups (broad SMARTS) is 1. The molecular weight excluding hydrogens is 265 g/mol. The second-order valence-electron chi connectivity index (χ2n) is 3.89. The quantitative estimate of drug-likeness (QED) is 0.868. The van der Waals surface area contributed by atoms with Crippen molar-refractivity contribution in [1.29, 1.82) is 0 Å². The molecule has 19 heavy (non-hydrogen) atoms. The highest BCUT2D eigenvalue weighted by atomic mass is 19.4. The molecule has 0 aliphatic rings. The summed E-state index contributed by atoms with van der Waals surface area (Å²) in [5.41, 5.74) is -1.65. The molecular formula is C12H13F3O4. The van der Waals surface area contributed by atoms with Crippen LogP contribution in [0.25, 0.3) is 0 Å². The van der Waals surface area contributed by atoms with Gasteiger partial charge in [0.2, 0.25) is 0 Å². The van der Waals surface area contributed by atoms with Gasteiger partial charge >= 0.3 is 12.1 Å². The normalized spacial score (nSPS) is 13.1. The fourth-order valence-electron chi connectivity index (χ4n) is 1.31. The molecule has 0 saturated carbocycles. The molecule has 7 heteroatoms. The first kappa shape index (κ1) is 15.3. The van der Waals surface area contributed by atoms with Crippen LogP contribution < -0.4 is 4.74 Å². The first-order valence-electron chi connectivity index (χ1n) is 5.51. The number of benzene rings is 1. The summed E-state index contributed by atoms with van der Waals surface area (Å²) in [6.45, 7) is 1.37. The largest absolute Gasteiger partial charge is 0.490 e. The van der Waals surface area contributed by atoms with Gasteiger partial charge in [0.15, 0.2) is 0 Å². The second kappa shape index (κ2) is 5.92. The van der Waals surface area contributed by atoms with Crippen molar-refractivity contribution < 1.29 is 32.9 Å². The molecule has 4 nitrogen and oxygen atoms in total. The summed E-state index contributed by atoms with van der Waals surface area (Å²) in [7, 11) is 0. The van der Waals surface area contributed by atoms with Crippen LogP contribution in [-0.4, -0.2) is 28.9 Å². The van der Waals surface area contributed by atoms with E-state index in [1.807, 2.05) is 0 Å². The number of rotatable bonds is 5. The molecule has 0 aromatic heterocycles. The lowest BCUT2D eigenvalue weighted by molar-refractivity contribution is -0.139. The van der Waals surface area contributed by atoms with Crippen LogP contribution in [0.4, 0.5) is 13.2 Å². The molecule has 0 aliphatic heterocycles. The Kier molecular flexibility index (Phi) is 4.77. The molecule has 2 N–H and O–H groups in total. The number of hydrogen-bond acceptors (Lipinski definition) is 3. The molecule has 0 amide bonds. The van der Waals surface area contributed by atoms with Crippen LogP contribution in [0.15, 0.2) is 18.2 Å². The number of carboxylic acids is 1. The van der Waals surface area contributed by atoms with Crippen molar-refractivity contribution in [2.45, 2.75) is 25.6 Å². The molecule has 0 bridgehead atoms. The van der Waals surface area contributed by atoms with Crippen molar-refractivity contribution in [2.75, 3.05) is 6.61 Å². The van der Waals surface area contributed by atoms with Gasteiger partial charge in [-0.25, -0.2) is 4.79 Å². The lowest BCUT2D eigenvalue weighted by Crippen LogP contribution is -2.18. The fraction of sp³-hybridized carbons (Fsp3) is 0.417. The molecule has 0 fully saturated rings. The summed E-state index contributed by atoms with van der Waals surface area (Å²) < 4.78 is 43.2. The molecule has 0 spiro atoms. The molecule has 0 radical (unpaired) electrons. The van der Waals surface area contributed by atoms with E-state index in [1.165, 1.54) is 0 Å². The molecule has 0 aliphatic carbocycles. The summed E-state index contributed by atoms with van der Waals surface area (Å²) in [6, 6.07) is 2.47. The Balaban J connectivity index is 3.06. The average Bonchev–Trinajstić information content (AvgIpc) is 2.34. The summed E-state index contributed by atoms with van der Waals surface area (Å²) in [6.07, 6.45) is -5.26. The van der Waals surface area contributed by atoms with Gasteiger partial charge < -0.3 is 14.9 Å². The molecule has 1 aromatic carbocycles. The van der Waals surface area contributed by atoms with Gasteiger partial charge in [-0.05, 0) is 24.6 Å². The van der Waals surface area contributed by atoms with Crippen molar-refractivity contribution in [3.05, 3.63) is 29.3 Å². The smallest absolute Gasteiger partial charge is 0.419 e. The van der Waals surface area contributed by atoms with Crippen LogP contribution in [0.3, 0.4) is 0 Å². The highest BCUT2D eigenvalue weighted by Gasteiger charge is 2.35. The highest BCUT2D eigenvalue weighted by Crippen LogP contribution is 2.36. The minimum atomic E-state index is -4.72. The molecule has 106 valence electrons. The van der Waals surface area contributed by atoms with Gasteiger partial charge in [0, 0.05) is 0 Å². The lowest BCUT2D eigenvalue weighted by Gasteiger charge is -2.16. The van der Waals surface area contributed by atoms with Crippen LogP contribution in [0.5, 0.6) is 5.75 Å². The predicted octanol–water partition coefficient (Wildman–Crippen LogP) is 2.55. The zero-order valence-electron chi connectivity index (χ0n) is 10.1. The van der Waals surface area contributed by atoms with Gasteiger partial charge in [0.1, 0.15) is 12.4 Å². The highest BCUT2D eigenvalue weighted by molar-refractivity contribution is 5.88. The zero-order valence-corrected chi connectivity index (χ0v) is 10.1. The van der Waals surface area contributed by atoms with E-state index in [9.17, 15) is 23.1 Å². The summed E-state index contributed by atoms with van der Waals surface area (Å²) in [5, 5.41) is 17.9. The van der Waals surface area contributed by atoms with E-state index in [2.05, 4.69) is 0 Å². The zero-order chi connectivity index (χ0) is 14.6. The maximum atomic E-state index is 12.8.